The first-order valence-corrected chi connectivity index (χ1v) is 5.53. The lowest BCUT2D eigenvalue weighted by atomic mass is 10.2. The summed E-state index contributed by atoms with van der Waals surface area (Å²) in [5, 5.41) is 0. The molecular weight excluding hydrogens is 213 g/mol. The first-order valence-electron chi connectivity index (χ1n) is 5.00. The van der Waals surface area contributed by atoms with Crippen LogP contribution in [0.5, 0.6) is 0 Å². The van der Waals surface area contributed by atoms with Crippen molar-refractivity contribution in [3.8, 4) is 0 Å². The fourth-order valence-electron chi connectivity index (χ4n) is 1.37. The highest BCUT2D eigenvalue weighted by Gasteiger charge is 2.06. The molecule has 3 heteroatoms. The molecular formula is C12H15ClFN. The lowest BCUT2D eigenvalue weighted by Crippen LogP contribution is -2.23. The molecule has 1 aromatic rings. The molecule has 15 heavy (non-hydrogen) atoms. The van der Waals surface area contributed by atoms with Gasteiger partial charge in [-0.05, 0) is 19.1 Å². The molecule has 1 aromatic carbocycles. The van der Waals surface area contributed by atoms with E-state index in [1.165, 1.54) is 6.07 Å². The lowest BCUT2D eigenvalue weighted by molar-refractivity contribution is 0.621. The van der Waals surface area contributed by atoms with E-state index in [0.29, 0.717) is 18.1 Å². The predicted octanol–water partition coefficient (Wildman–Crippen LogP) is 3.45. The average molecular weight is 228 g/mol. The summed E-state index contributed by atoms with van der Waals surface area (Å²) in [4.78, 5) is 1.96. The highest BCUT2D eigenvalue weighted by molar-refractivity contribution is 6.18. The standard InChI is InChI=1S/C12H15ClFN/c1-2-15(10-6-5-9-13)12-8-4-3-7-11(12)14/h3-8H,2,9-10H2,1H3. The Labute approximate surface area is 95.2 Å². The fraction of sp³-hybridized carbons (Fsp3) is 0.333. The van der Waals surface area contributed by atoms with Crippen LogP contribution in [0.2, 0.25) is 0 Å². The molecule has 0 aliphatic rings. The van der Waals surface area contributed by atoms with E-state index in [1.807, 2.05) is 30.0 Å². The summed E-state index contributed by atoms with van der Waals surface area (Å²) >= 11 is 5.53. The maximum Gasteiger partial charge on any atom is 0.146 e. The van der Waals surface area contributed by atoms with Crippen LogP contribution in [-0.4, -0.2) is 19.0 Å². The van der Waals surface area contributed by atoms with E-state index in [2.05, 4.69) is 0 Å². The minimum Gasteiger partial charge on any atom is -0.366 e. The second-order valence-corrected chi connectivity index (χ2v) is 3.42. The zero-order valence-corrected chi connectivity index (χ0v) is 9.54. The molecule has 82 valence electrons. The molecule has 0 aliphatic carbocycles. The number of alkyl halides is 1. The van der Waals surface area contributed by atoms with Gasteiger partial charge in [-0.3, -0.25) is 0 Å². The predicted molar refractivity (Wildman–Crippen MR) is 64.1 cm³/mol. The molecule has 0 heterocycles. The van der Waals surface area contributed by atoms with E-state index >= 15 is 0 Å². The Morgan fingerprint density at radius 1 is 1.33 bits per heavy atom. The largest absolute Gasteiger partial charge is 0.366 e. The number of allylic oxidation sites excluding steroid dienone is 1. The van der Waals surface area contributed by atoms with Crippen LogP contribution in [0.1, 0.15) is 6.92 Å². The van der Waals surface area contributed by atoms with Gasteiger partial charge in [-0.25, -0.2) is 4.39 Å². The maximum atomic E-state index is 13.4. The Morgan fingerprint density at radius 2 is 2.07 bits per heavy atom. The van der Waals surface area contributed by atoms with E-state index in [1.54, 1.807) is 12.1 Å². The second-order valence-electron chi connectivity index (χ2n) is 3.12. The molecule has 0 saturated heterocycles. The van der Waals surface area contributed by atoms with Crippen molar-refractivity contribution in [2.45, 2.75) is 6.92 Å². The van der Waals surface area contributed by atoms with Crippen LogP contribution < -0.4 is 4.90 Å². The van der Waals surface area contributed by atoms with Gasteiger partial charge in [0.1, 0.15) is 5.82 Å². The van der Waals surface area contributed by atoms with Crippen molar-refractivity contribution < 1.29 is 4.39 Å². The number of para-hydroxylation sites is 1. The van der Waals surface area contributed by atoms with Gasteiger partial charge in [-0.15, -0.1) is 11.6 Å². The van der Waals surface area contributed by atoms with Crippen molar-refractivity contribution in [1.29, 1.82) is 0 Å². The molecule has 0 amide bonds. The number of hydrogen-bond acceptors (Lipinski definition) is 1. The molecule has 1 rings (SSSR count). The normalized spacial score (nSPS) is 10.9. The fourth-order valence-corrected chi connectivity index (χ4v) is 1.50. The van der Waals surface area contributed by atoms with E-state index in [9.17, 15) is 4.39 Å². The van der Waals surface area contributed by atoms with Crippen molar-refractivity contribution in [2.75, 3.05) is 23.9 Å². The van der Waals surface area contributed by atoms with Gasteiger partial charge >= 0.3 is 0 Å². The highest BCUT2D eigenvalue weighted by atomic mass is 35.5. The summed E-state index contributed by atoms with van der Waals surface area (Å²) < 4.78 is 13.4. The molecule has 0 unspecified atom stereocenters. The van der Waals surface area contributed by atoms with Crippen LogP contribution in [0.25, 0.3) is 0 Å². The average Bonchev–Trinajstić information content (AvgIpc) is 2.26. The molecule has 0 spiro atoms. The molecule has 0 N–H and O–H groups in total. The van der Waals surface area contributed by atoms with Gasteiger partial charge in [0.25, 0.3) is 0 Å². The first kappa shape index (κ1) is 12.1. The SMILES string of the molecule is CCN(CC=CCCl)c1ccccc1F. The van der Waals surface area contributed by atoms with Crippen LogP contribution in [0.3, 0.4) is 0 Å². The first-order chi connectivity index (χ1) is 7.29. The minimum atomic E-state index is -0.182. The number of halogens is 2. The summed E-state index contributed by atoms with van der Waals surface area (Å²) in [6.45, 7) is 3.46. The molecule has 0 aromatic heterocycles. The molecule has 0 bridgehead atoms. The number of nitrogens with zero attached hydrogens (tertiary/aromatic N) is 1. The third-order valence-corrected chi connectivity index (χ3v) is 2.33. The smallest absolute Gasteiger partial charge is 0.146 e. The van der Waals surface area contributed by atoms with Gasteiger partial charge in [0.15, 0.2) is 0 Å². The molecule has 0 radical (unpaired) electrons. The third kappa shape index (κ3) is 3.56. The molecule has 0 saturated carbocycles. The van der Waals surface area contributed by atoms with Crippen LogP contribution in [0.4, 0.5) is 10.1 Å². The zero-order chi connectivity index (χ0) is 11.1. The van der Waals surface area contributed by atoms with E-state index in [-0.39, 0.29) is 5.82 Å². The van der Waals surface area contributed by atoms with Crippen molar-refractivity contribution in [2.24, 2.45) is 0 Å². The summed E-state index contributed by atoms with van der Waals surface area (Å²) in [5.74, 6) is 0.313. The summed E-state index contributed by atoms with van der Waals surface area (Å²) in [6, 6.07) is 6.80. The van der Waals surface area contributed by atoms with Crippen LogP contribution in [-0.2, 0) is 0 Å². The Morgan fingerprint density at radius 3 is 2.67 bits per heavy atom. The van der Waals surface area contributed by atoms with Crippen LogP contribution in [0, 0.1) is 5.82 Å². The monoisotopic (exact) mass is 227 g/mol. The minimum absolute atomic E-state index is 0.182. The Bertz CT molecular complexity index is 325. The second kappa shape index (κ2) is 6.46. The topological polar surface area (TPSA) is 3.24 Å². The third-order valence-electron chi connectivity index (χ3n) is 2.16. The number of rotatable bonds is 5. The van der Waals surface area contributed by atoms with Gasteiger partial charge in [-0.1, -0.05) is 24.3 Å². The Hall–Kier alpha value is -1.02. The Kier molecular flexibility index (Phi) is 5.19. The highest BCUT2D eigenvalue weighted by Crippen LogP contribution is 2.17. The van der Waals surface area contributed by atoms with Gasteiger partial charge in [-0.2, -0.15) is 0 Å². The van der Waals surface area contributed by atoms with E-state index in [4.69, 9.17) is 11.6 Å². The van der Waals surface area contributed by atoms with Crippen molar-refractivity contribution in [3.05, 3.63) is 42.2 Å². The summed E-state index contributed by atoms with van der Waals surface area (Å²) in [6.07, 6.45) is 3.81. The number of hydrogen-bond donors (Lipinski definition) is 0. The maximum absolute atomic E-state index is 13.4. The number of benzene rings is 1. The van der Waals surface area contributed by atoms with Crippen LogP contribution in [0.15, 0.2) is 36.4 Å². The zero-order valence-electron chi connectivity index (χ0n) is 8.79. The number of likely N-dealkylation sites (N-methyl/N-ethyl adjacent to an activating group) is 1. The quantitative estimate of drug-likeness (QED) is 0.550. The van der Waals surface area contributed by atoms with E-state index < -0.39 is 0 Å². The van der Waals surface area contributed by atoms with Gasteiger partial charge in [0, 0.05) is 19.0 Å². The van der Waals surface area contributed by atoms with Gasteiger partial charge in [0.2, 0.25) is 0 Å². The molecule has 0 atom stereocenters. The molecule has 0 fully saturated rings. The van der Waals surface area contributed by atoms with Crippen molar-refractivity contribution >= 4 is 17.3 Å². The molecule has 0 aliphatic heterocycles. The van der Waals surface area contributed by atoms with Crippen molar-refractivity contribution in [3.63, 3.8) is 0 Å². The van der Waals surface area contributed by atoms with Gasteiger partial charge < -0.3 is 4.90 Å². The van der Waals surface area contributed by atoms with E-state index in [0.717, 1.165) is 6.54 Å². The Balaban J connectivity index is 2.74. The van der Waals surface area contributed by atoms with Crippen molar-refractivity contribution in [1.82, 2.24) is 0 Å². The van der Waals surface area contributed by atoms with Gasteiger partial charge in [0.05, 0.1) is 5.69 Å². The lowest BCUT2D eigenvalue weighted by Gasteiger charge is -2.21. The number of anilines is 1. The summed E-state index contributed by atoms with van der Waals surface area (Å²) in [5.41, 5.74) is 0.638. The molecule has 1 nitrogen and oxygen atoms in total. The summed E-state index contributed by atoms with van der Waals surface area (Å²) in [7, 11) is 0. The van der Waals surface area contributed by atoms with Crippen LogP contribution >= 0.6 is 11.6 Å².